The molecule has 6 heteroatoms. The molecule has 1 saturated heterocycles. The minimum Gasteiger partial charge on any atom is -0.379 e. The number of pyridine rings is 1. The predicted octanol–water partition coefficient (Wildman–Crippen LogP) is 4.54. The van der Waals surface area contributed by atoms with E-state index < -0.39 is 11.3 Å². The maximum atomic E-state index is 14.2. The van der Waals surface area contributed by atoms with E-state index in [-0.39, 0.29) is 5.82 Å². The third-order valence-corrected chi connectivity index (χ3v) is 7.35. The molecule has 170 valence electrons. The Bertz CT molecular complexity index is 1130. The van der Waals surface area contributed by atoms with Gasteiger partial charge in [-0.05, 0) is 66.6 Å². The molecule has 3 heterocycles. The first-order valence-corrected chi connectivity index (χ1v) is 11.9. The zero-order valence-corrected chi connectivity index (χ0v) is 19.1. The predicted molar refractivity (Wildman–Crippen MR) is 126 cm³/mol. The van der Waals surface area contributed by atoms with Crippen molar-refractivity contribution in [2.75, 3.05) is 32.8 Å². The van der Waals surface area contributed by atoms with Crippen molar-refractivity contribution < 1.29 is 9.13 Å². The van der Waals surface area contributed by atoms with Crippen LogP contribution in [0.3, 0.4) is 0 Å². The number of allylic oxidation sites excluding steroid dienone is 1. The van der Waals surface area contributed by atoms with Crippen LogP contribution in [0.15, 0.2) is 53.2 Å². The number of morpholine rings is 1. The van der Waals surface area contributed by atoms with E-state index in [1.807, 2.05) is 24.3 Å². The third-order valence-electron chi connectivity index (χ3n) is 7.35. The van der Waals surface area contributed by atoms with Gasteiger partial charge in [0, 0.05) is 31.2 Å². The van der Waals surface area contributed by atoms with E-state index in [1.165, 1.54) is 0 Å². The number of aromatic nitrogens is 1. The number of nitrogens with zero attached hydrogens (tertiary/aromatic N) is 4. The second kappa shape index (κ2) is 9.17. The lowest BCUT2D eigenvalue weighted by Gasteiger charge is -2.47. The summed E-state index contributed by atoms with van der Waals surface area (Å²) in [5.74, 6) is -0.614. The van der Waals surface area contributed by atoms with Crippen molar-refractivity contribution in [3.63, 3.8) is 0 Å². The van der Waals surface area contributed by atoms with Gasteiger partial charge in [-0.2, -0.15) is 5.26 Å². The average molecular weight is 445 g/mol. The van der Waals surface area contributed by atoms with Crippen LogP contribution >= 0.6 is 0 Å². The smallest absolute Gasteiger partial charge is 0.123 e. The number of ether oxygens (including phenoxy) is 1. The monoisotopic (exact) mass is 444 g/mol. The zero-order chi connectivity index (χ0) is 22.8. The fourth-order valence-corrected chi connectivity index (χ4v) is 5.95. The Balaban J connectivity index is 1.73. The van der Waals surface area contributed by atoms with Crippen molar-refractivity contribution in [3.05, 3.63) is 70.8 Å². The zero-order valence-electron chi connectivity index (χ0n) is 19.1. The second-order valence-corrected chi connectivity index (χ2v) is 9.08. The first-order valence-electron chi connectivity index (χ1n) is 11.9. The molecule has 1 aromatic carbocycles. The summed E-state index contributed by atoms with van der Waals surface area (Å²) in [5, 5.41) is 10.6. The molecule has 0 saturated carbocycles. The number of aliphatic imine (C=N–C) groups is 1. The Hall–Kier alpha value is -2.88. The number of rotatable bonds is 4. The highest BCUT2D eigenvalue weighted by atomic mass is 19.1. The Labute approximate surface area is 194 Å². The highest BCUT2D eigenvalue weighted by Crippen LogP contribution is 2.54. The summed E-state index contributed by atoms with van der Waals surface area (Å²) in [7, 11) is 0. The molecule has 2 atom stereocenters. The van der Waals surface area contributed by atoms with Crippen molar-refractivity contribution in [1.29, 1.82) is 5.26 Å². The van der Waals surface area contributed by atoms with Gasteiger partial charge in [0.25, 0.3) is 0 Å². The molecule has 1 aliphatic carbocycles. The van der Waals surface area contributed by atoms with Gasteiger partial charge in [0.1, 0.15) is 5.82 Å². The molecule has 0 radical (unpaired) electrons. The molecule has 0 amide bonds. The van der Waals surface area contributed by atoms with Gasteiger partial charge < -0.3 is 4.74 Å². The Morgan fingerprint density at radius 3 is 2.82 bits per heavy atom. The summed E-state index contributed by atoms with van der Waals surface area (Å²) in [5.41, 5.74) is 5.33. The summed E-state index contributed by atoms with van der Waals surface area (Å²) in [6.07, 6.45) is 5.15. The van der Waals surface area contributed by atoms with Crippen molar-refractivity contribution in [2.24, 2.45) is 10.9 Å². The number of hydrogen-bond acceptors (Lipinski definition) is 5. The highest BCUT2D eigenvalue weighted by Gasteiger charge is 2.51. The van der Waals surface area contributed by atoms with Gasteiger partial charge in [0.15, 0.2) is 0 Å². The molecule has 1 fully saturated rings. The molecule has 1 aromatic heterocycles. The van der Waals surface area contributed by atoms with Crippen LogP contribution in [0, 0.1) is 23.1 Å². The van der Waals surface area contributed by atoms with Crippen LogP contribution in [0.5, 0.6) is 0 Å². The maximum Gasteiger partial charge on any atom is 0.123 e. The van der Waals surface area contributed by atoms with Gasteiger partial charge in [-0.25, -0.2) is 4.39 Å². The van der Waals surface area contributed by atoms with E-state index in [2.05, 4.69) is 22.9 Å². The number of halogens is 1. The molecule has 2 aliphatic heterocycles. The third kappa shape index (κ3) is 3.80. The Morgan fingerprint density at radius 2 is 2.09 bits per heavy atom. The van der Waals surface area contributed by atoms with Crippen LogP contribution in [-0.4, -0.2) is 48.4 Å². The molecular weight excluding hydrogens is 415 g/mol. The molecule has 33 heavy (non-hydrogen) atoms. The van der Waals surface area contributed by atoms with E-state index >= 15 is 0 Å². The normalized spacial score (nSPS) is 25.5. The molecule has 2 aromatic rings. The van der Waals surface area contributed by atoms with Gasteiger partial charge >= 0.3 is 0 Å². The number of aryl methyl sites for hydroxylation is 1. The van der Waals surface area contributed by atoms with E-state index in [0.29, 0.717) is 19.8 Å². The molecule has 5 nitrogen and oxygen atoms in total. The van der Waals surface area contributed by atoms with Crippen LogP contribution in [0.1, 0.15) is 43.0 Å². The first-order chi connectivity index (χ1) is 16.2. The standard InChI is InChI=1S/C27H29FN4O/c1-2-21-26(24-7-3-4-11-30-24)31-25(18-32-12-14-33-15-13-32)23(17-29)27(21)10-5-6-19-16-20(28)8-9-22(19)27/h3-4,7-9,11,16,23H,2,5-6,10,12-15,18H2,1H3. The van der Waals surface area contributed by atoms with Gasteiger partial charge in [-0.3, -0.25) is 14.9 Å². The van der Waals surface area contributed by atoms with Crippen LogP contribution in [0.2, 0.25) is 0 Å². The fraction of sp³-hybridized carbons (Fsp3) is 0.444. The SMILES string of the molecule is CCC1=C(c2ccccn2)N=C(CN2CCOCC2)C(C#N)C12CCCc1cc(F)ccc12. The lowest BCUT2D eigenvalue weighted by Crippen LogP contribution is -2.50. The number of benzene rings is 1. The summed E-state index contributed by atoms with van der Waals surface area (Å²) in [4.78, 5) is 12.1. The number of nitriles is 1. The molecular formula is C27H29FN4O. The Morgan fingerprint density at radius 1 is 1.24 bits per heavy atom. The topological polar surface area (TPSA) is 61.5 Å². The number of fused-ring (bicyclic) bond motifs is 2. The minimum absolute atomic E-state index is 0.218. The van der Waals surface area contributed by atoms with Gasteiger partial charge in [-0.1, -0.05) is 19.1 Å². The summed E-state index contributed by atoms with van der Waals surface area (Å²) < 4.78 is 19.7. The lowest BCUT2D eigenvalue weighted by atomic mass is 9.56. The highest BCUT2D eigenvalue weighted by molar-refractivity contribution is 5.99. The van der Waals surface area contributed by atoms with Crippen molar-refractivity contribution in [3.8, 4) is 6.07 Å². The summed E-state index contributed by atoms with van der Waals surface area (Å²) in [6.45, 7) is 5.81. The molecule has 5 rings (SSSR count). The molecule has 0 bridgehead atoms. The fourth-order valence-electron chi connectivity index (χ4n) is 5.95. The van der Waals surface area contributed by atoms with Crippen molar-refractivity contribution in [2.45, 2.75) is 38.0 Å². The van der Waals surface area contributed by atoms with Gasteiger partial charge in [-0.15, -0.1) is 0 Å². The summed E-state index contributed by atoms with van der Waals surface area (Å²) in [6, 6.07) is 13.7. The molecule has 2 unspecified atom stereocenters. The average Bonchev–Trinajstić information content (AvgIpc) is 2.85. The van der Waals surface area contributed by atoms with Crippen molar-refractivity contribution >= 4 is 11.4 Å². The second-order valence-electron chi connectivity index (χ2n) is 9.08. The maximum absolute atomic E-state index is 14.2. The Kier molecular flexibility index (Phi) is 6.09. The van der Waals surface area contributed by atoms with E-state index in [9.17, 15) is 9.65 Å². The van der Waals surface area contributed by atoms with E-state index in [1.54, 1.807) is 18.3 Å². The largest absolute Gasteiger partial charge is 0.379 e. The van der Waals surface area contributed by atoms with E-state index in [0.717, 1.165) is 72.6 Å². The van der Waals surface area contributed by atoms with Gasteiger partial charge in [0.2, 0.25) is 0 Å². The van der Waals surface area contributed by atoms with E-state index in [4.69, 9.17) is 9.73 Å². The van der Waals surface area contributed by atoms with Crippen LogP contribution in [0.4, 0.5) is 4.39 Å². The summed E-state index contributed by atoms with van der Waals surface area (Å²) >= 11 is 0. The lowest BCUT2D eigenvalue weighted by molar-refractivity contribution is 0.0447. The van der Waals surface area contributed by atoms with Gasteiger partial charge in [0.05, 0.1) is 42.3 Å². The van der Waals surface area contributed by atoms with Crippen LogP contribution < -0.4 is 0 Å². The number of hydrogen-bond donors (Lipinski definition) is 0. The van der Waals surface area contributed by atoms with Crippen LogP contribution in [0.25, 0.3) is 5.70 Å². The van der Waals surface area contributed by atoms with Crippen LogP contribution in [-0.2, 0) is 16.6 Å². The quantitative estimate of drug-likeness (QED) is 0.695. The first kappa shape index (κ1) is 21.9. The van der Waals surface area contributed by atoms with Crippen molar-refractivity contribution in [1.82, 2.24) is 9.88 Å². The molecule has 0 N–H and O–H groups in total. The minimum atomic E-state index is -0.513. The molecule has 1 spiro atoms. The molecule has 3 aliphatic rings.